The van der Waals surface area contributed by atoms with Crippen LogP contribution < -0.4 is 5.32 Å². The summed E-state index contributed by atoms with van der Waals surface area (Å²) in [6.45, 7) is 5.51. The fraction of sp³-hybridized carbons (Fsp3) is 0.400. The molecule has 0 atom stereocenters. The lowest BCUT2D eigenvalue weighted by molar-refractivity contribution is 0.533. The van der Waals surface area contributed by atoms with Crippen LogP contribution in [0, 0.1) is 5.92 Å². The summed E-state index contributed by atoms with van der Waals surface area (Å²) in [4.78, 5) is 0. The van der Waals surface area contributed by atoms with Crippen LogP contribution in [0.4, 0.5) is 0 Å². The monoisotopic (exact) mass is 279 g/mol. The molecule has 0 fully saturated rings. The van der Waals surface area contributed by atoms with Gasteiger partial charge in [0.1, 0.15) is 0 Å². The van der Waals surface area contributed by atoms with Gasteiger partial charge in [-0.05, 0) is 47.4 Å². The summed E-state index contributed by atoms with van der Waals surface area (Å²) in [5.41, 5.74) is 5.87. The van der Waals surface area contributed by atoms with Crippen LogP contribution in [0.15, 0.2) is 48.5 Å². The van der Waals surface area contributed by atoms with Crippen LogP contribution in [-0.2, 0) is 25.8 Å². The molecule has 1 aliphatic carbocycles. The molecule has 1 heteroatoms. The van der Waals surface area contributed by atoms with Gasteiger partial charge in [0.05, 0.1) is 0 Å². The highest BCUT2D eigenvalue weighted by Crippen LogP contribution is 2.22. The maximum atomic E-state index is 3.71. The minimum absolute atomic E-state index is 0.595. The Bertz CT molecular complexity index is 558. The third-order valence-corrected chi connectivity index (χ3v) is 4.31. The summed E-state index contributed by atoms with van der Waals surface area (Å²) in [7, 11) is 0. The van der Waals surface area contributed by atoms with Crippen molar-refractivity contribution in [2.75, 3.05) is 0 Å². The van der Waals surface area contributed by atoms with Crippen molar-refractivity contribution in [3.8, 4) is 0 Å². The number of fused-ring (bicyclic) bond motifs is 1. The SMILES string of the molecule is CC(C)Cc1ccc(CNC2Cc3ccccc3C2)cc1. The minimum Gasteiger partial charge on any atom is -0.309 e. The highest BCUT2D eigenvalue weighted by Gasteiger charge is 2.19. The van der Waals surface area contributed by atoms with Gasteiger partial charge in [-0.1, -0.05) is 62.4 Å². The quantitative estimate of drug-likeness (QED) is 0.867. The van der Waals surface area contributed by atoms with Gasteiger partial charge >= 0.3 is 0 Å². The molecule has 2 aromatic carbocycles. The zero-order valence-electron chi connectivity index (χ0n) is 13.1. The molecule has 3 rings (SSSR count). The van der Waals surface area contributed by atoms with Crippen LogP contribution in [0.5, 0.6) is 0 Å². The van der Waals surface area contributed by atoms with E-state index in [9.17, 15) is 0 Å². The first-order valence-electron chi connectivity index (χ1n) is 8.08. The first kappa shape index (κ1) is 14.3. The van der Waals surface area contributed by atoms with E-state index >= 15 is 0 Å². The van der Waals surface area contributed by atoms with E-state index in [-0.39, 0.29) is 0 Å². The van der Waals surface area contributed by atoms with Gasteiger partial charge in [-0.25, -0.2) is 0 Å². The van der Waals surface area contributed by atoms with Gasteiger partial charge < -0.3 is 5.32 Å². The topological polar surface area (TPSA) is 12.0 Å². The van der Waals surface area contributed by atoms with Crippen molar-refractivity contribution in [1.29, 1.82) is 0 Å². The molecule has 1 N–H and O–H groups in total. The van der Waals surface area contributed by atoms with E-state index in [1.54, 1.807) is 0 Å². The fourth-order valence-electron chi connectivity index (χ4n) is 3.23. The van der Waals surface area contributed by atoms with Gasteiger partial charge in [0, 0.05) is 12.6 Å². The molecule has 0 heterocycles. The molecule has 0 aliphatic heterocycles. The molecule has 21 heavy (non-hydrogen) atoms. The fourth-order valence-corrected chi connectivity index (χ4v) is 3.23. The van der Waals surface area contributed by atoms with Gasteiger partial charge in [0.25, 0.3) is 0 Å². The number of hydrogen-bond acceptors (Lipinski definition) is 1. The average Bonchev–Trinajstić information content (AvgIpc) is 2.89. The van der Waals surface area contributed by atoms with E-state index < -0.39 is 0 Å². The highest BCUT2D eigenvalue weighted by atomic mass is 14.9. The summed E-state index contributed by atoms with van der Waals surface area (Å²) in [6.07, 6.45) is 3.51. The normalized spacial score (nSPS) is 14.6. The molecule has 0 bridgehead atoms. The van der Waals surface area contributed by atoms with Crippen molar-refractivity contribution in [2.45, 2.75) is 45.7 Å². The molecule has 1 aliphatic rings. The lowest BCUT2D eigenvalue weighted by Crippen LogP contribution is -2.28. The summed E-state index contributed by atoms with van der Waals surface area (Å²) in [5, 5.41) is 3.71. The van der Waals surface area contributed by atoms with Crippen LogP contribution in [0.25, 0.3) is 0 Å². The Morgan fingerprint density at radius 3 is 2.05 bits per heavy atom. The molecular weight excluding hydrogens is 254 g/mol. The van der Waals surface area contributed by atoms with Gasteiger partial charge in [-0.15, -0.1) is 0 Å². The molecule has 0 spiro atoms. The van der Waals surface area contributed by atoms with Gasteiger partial charge in [0.15, 0.2) is 0 Å². The lowest BCUT2D eigenvalue weighted by atomic mass is 10.0. The third-order valence-electron chi connectivity index (χ3n) is 4.31. The van der Waals surface area contributed by atoms with Gasteiger partial charge in [0.2, 0.25) is 0 Å². The Morgan fingerprint density at radius 1 is 0.905 bits per heavy atom. The first-order valence-corrected chi connectivity index (χ1v) is 8.08. The zero-order chi connectivity index (χ0) is 14.7. The zero-order valence-corrected chi connectivity index (χ0v) is 13.1. The molecule has 0 amide bonds. The Kier molecular flexibility index (Phi) is 4.40. The average molecular weight is 279 g/mol. The van der Waals surface area contributed by atoms with Crippen LogP contribution in [-0.4, -0.2) is 6.04 Å². The van der Waals surface area contributed by atoms with E-state index in [0.717, 1.165) is 12.5 Å². The van der Waals surface area contributed by atoms with Crippen molar-refractivity contribution in [3.63, 3.8) is 0 Å². The number of nitrogens with one attached hydrogen (secondary N) is 1. The lowest BCUT2D eigenvalue weighted by Gasteiger charge is -2.12. The predicted molar refractivity (Wildman–Crippen MR) is 89.5 cm³/mol. The first-order chi connectivity index (χ1) is 10.2. The highest BCUT2D eigenvalue weighted by molar-refractivity contribution is 5.33. The van der Waals surface area contributed by atoms with Crippen molar-refractivity contribution >= 4 is 0 Å². The van der Waals surface area contributed by atoms with Crippen molar-refractivity contribution in [1.82, 2.24) is 5.32 Å². The smallest absolute Gasteiger partial charge is 0.0208 e. The summed E-state index contributed by atoms with van der Waals surface area (Å²) < 4.78 is 0. The second-order valence-corrected chi connectivity index (χ2v) is 6.67. The molecule has 0 radical (unpaired) electrons. The molecule has 0 unspecified atom stereocenters. The number of benzene rings is 2. The predicted octanol–water partition coefficient (Wildman–Crippen LogP) is 4.14. The molecule has 110 valence electrons. The Labute approximate surface area is 128 Å². The van der Waals surface area contributed by atoms with E-state index in [1.807, 2.05) is 0 Å². The largest absolute Gasteiger partial charge is 0.309 e. The molecule has 0 aromatic heterocycles. The molecule has 0 saturated carbocycles. The van der Waals surface area contributed by atoms with Crippen LogP contribution in [0.1, 0.15) is 36.1 Å². The maximum Gasteiger partial charge on any atom is 0.0208 e. The summed E-state index contributed by atoms with van der Waals surface area (Å²) in [6, 6.07) is 18.5. The Hall–Kier alpha value is -1.60. The van der Waals surface area contributed by atoms with E-state index in [4.69, 9.17) is 0 Å². The molecule has 1 nitrogen and oxygen atoms in total. The van der Waals surface area contributed by atoms with Crippen molar-refractivity contribution in [3.05, 3.63) is 70.8 Å². The third kappa shape index (κ3) is 3.74. The van der Waals surface area contributed by atoms with Gasteiger partial charge in [-0.3, -0.25) is 0 Å². The Morgan fingerprint density at radius 2 is 1.48 bits per heavy atom. The van der Waals surface area contributed by atoms with E-state index in [0.29, 0.717) is 6.04 Å². The van der Waals surface area contributed by atoms with Crippen LogP contribution in [0.3, 0.4) is 0 Å². The summed E-state index contributed by atoms with van der Waals surface area (Å²) in [5.74, 6) is 0.728. The van der Waals surface area contributed by atoms with Crippen molar-refractivity contribution < 1.29 is 0 Å². The summed E-state index contributed by atoms with van der Waals surface area (Å²) >= 11 is 0. The number of rotatable bonds is 5. The minimum atomic E-state index is 0.595. The van der Waals surface area contributed by atoms with Gasteiger partial charge in [-0.2, -0.15) is 0 Å². The molecule has 2 aromatic rings. The second kappa shape index (κ2) is 6.44. The van der Waals surface area contributed by atoms with E-state index in [2.05, 4.69) is 67.7 Å². The second-order valence-electron chi connectivity index (χ2n) is 6.67. The van der Waals surface area contributed by atoms with E-state index in [1.165, 1.54) is 41.5 Å². The maximum absolute atomic E-state index is 3.71. The molecule has 0 saturated heterocycles. The van der Waals surface area contributed by atoms with Crippen LogP contribution >= 0.6 is 0 Å². The standard InChI is InChI=1S/C20H25N/c1-15(2)11-16-7-9-17(10-8-16)14-21-20-12-18-5-3-4-6-19(18)13-20/h3-10,15,20-21H,11-14H2,1-2H3. The number of hydrogen-bond donors (Lipinski definition) is 1. The Balaban J connectivity index is 1.52. The van der Waals surface area contributed by atoms with Crippen LogP contribution in [0.2, 0.25) is 0 Å². The molecular formula is C20H25N. The van der Waals surface area contributed by atoms with Crippen molar-refractivity contribution in [2.24, 2.45) is 5.92 Å².